The van der Waals surface area contributed by atoms with Crippen LogP contribution in [0.2, 0.25) is 5.02 Å². The van der Waals surface area contributed by atoms with Gasteiger partial charge in [-0.1, -0.05) is 39.7 Å². The first kappa shape index (κ1) is 12.9. The van der Waals surface area contributed by atoms with E-state index in [0.717, 1.165) is 17.7 Å². The third kappa shape index (κ3) is 3.24. The topological polar surface area (TPSA) is 9.23 Å². The molecule has 1 aromatic heterocycles. The number of alkyl halides is 1. The Morgan fingerprint density at radius 2 is 2.24 bits per heavy atom. The molecule has 0 aliphatic carbocycles. The molecule has 0 spiro atoms. The van der Waals surface area contributed by atoms with Crippen molar-refractivity contribution in [3.05, 3.63) is 51.2 Å². The van der Waals surface area contributed by atoms with E-state index in [1.807, 2.05) is 18.2 Å². The predicted molar refractivity (Wildman–Crippen MR) is 77.7 cm³/mol. The Morgan fingerprint density at radius 1 is 1.41 bits per heavy atom. The van der Waals surface area contributed by atoms with E-state index >= 15 is 0 Å². The molecular formula is C13H12BrClOS. The zero-order chi connectivity index (χ0) is 12.3. The lowest BCUT2D eigenvalue weighted by Gasteiger charge is -2.13. The van der Waals surface area contributed by atoms with Crippen molar-refractivity contribution in [2.45, 2.75) is 11.2 Å². The molecule has 0 radical (unpaired) electrons. The van der Waals surface area contributed by atoms with Crippen molar-refractivity contribution in [1.29, 1.82) is 0 Å². The third-order valence-corrected chi connectivity index (χ3v) is 4.44. The minimum atomic E-state index is 0.244. The maximum atomic E-state index is 5.95. The van der Waals surface area contributed by atoms with E-state index < -0.39 is 0 Å². The molecule has 0 saturated carbocycles. The second kappa shape index (κ2) is 5.89. The van der Waals surface area contributed by atoms with Crippen LogP contribution in [-0.2, 0) is 6.42 Å². The minimum Gasteiger partial charge on any atom is -0.496 e. The molecule has 1 atom stereocenters. The molecular weight excluding hydrogens is 320 g/mol. The predicted octanol–water partition coefficient (Wildman–Crippen LogP) is 5.09. The molecule has 0 N–H and O–H groups in total. The van der Waals surface area contributed by atoms with Gasteiger partial charge in [0.1, 0.15) is 5.75 Å². The Hall–Kier alpha value is -0.510. The average Bonchev–Trinajstić information content (AvgIpc) is 2.81. The Bertz CT molecular complexity index is 484. The van der Waals surface area contributed by atoms with Crippen molar-refractivity contribution in [2.24, 2.45) is 0 Å². The lowest BCUT2D eigenvalue weighted by Crippen LogP contribution is -1.97. The first-order valence-corrected chi connectivity index (χ1v) is 7.38. The van der Waals surface area contributed by atoms with Gasteiger partial charge in [-0.3, -0.25) is 0 Å². The van der Waals surface area contributed by atoms with Crippen molar-refractivity contribution in [1.82, 2.24) is 0 Å². The second-order valence-electron chi connectivity index (χ2n) is 3.64. The number of benzene rings is 1. The summed E-state index contributed by atoms with van der Waals surface area (Å²) in [6.45, 7) is 0. The highest BCUT2D eigenvalue weighted by Gasteiger charge is 2.14. The molecule has 0 aliphatic rings. The zero-order valence-corrected chi connectivity index (χ0v) is 12.5. The van der Waals surface area contributed by atoms with Crippen LogP contribution in [0.4, 0.5) is 0 Å². The average molecular weight is 332 g/mol. The Labute approximate surface area is 119 Å². The van der Waals surface area contributed by atoms with Crippen LogP contribution in [0.3, 0.4) is 0 Å². The smallest absolute Gasteiger partial charge is 0.124 e. The molecule has 0 bridgehead atoms. The molecule has 2 aromatic rings. The largest absolute Gasteiger partial charge is 0.496 e. The van der Waals surface area contributed by atoms with E-state index in [4.69, 9.17) is 16.3 Å². The molecule has 4 heteroatoms. The number of halogens is 2. The first-order valence-electron chi connectivity index (χ1n) is 5.20. The molecule has 1 nitrogen and oxygen atoms in total. The van der Waals surface area contributed by atoms with Gasteiger partial charge in [0.2, 0.25) is 0 Å². The van der Waals surface area contributed by atoms with Crippen molar-refractivity contribution in [2.75, 3.05) is 7.11 Å². The summed E-state index contributed by atoms with van der Waals surface area (Å²) in [5, 5.41) is 2.79. The van der Waals surface area contributed by atoms with Crippen LogP contribution in [0.25, 0.3) is 0 Å². The molecule has 2 rings (SSSR count). The fourth-order valence-corrected chi connectivity index (χ4v) is 3.51. The summed E-state index contributed by atoms with van der Waals surface area (Å²) in [6.07, 6.45) is 0.954. The Balaban J connectivity index is 2.21. The number of hydrogen-bond acceptors (Lipinski definition) is 2. The molecule has 0 amide bonds. The fraction of sp³-hybridized carbons (Fsp3) is 0.231. The van der Waals surface area contributed by atoms with Gasteiger partial charge in [0, 0.05) is 20.3 Å². The standard InChI is InChI=1S/C13H12BrClOS/c1-16-13-7-9(15)4-5-11(13)12(14)8-10-3-2-6-17-10/h2-7,12H,8H2,1H3. The molecule has 1 heterocycles. The molecule has 1 aromatic carbocycles. The van der Waals surface area contributed by atoms with E-state index in [9.17, 15) is 0 Å². The quantitative estimate of drug-likeness (QED) is 0.709. The third-order valence-electron chi connectivity index (χ3n) is 2.49. The van der Waals surface area contributed by atoms with E-state index in [-0.39, 0.29) is 4.83 Å². The van der Waals surface area contributed by atoms with Crippen LogP contribution in [0.1, 0.15) is 15.3 Å². The van der Waals surface area contributed by atoms with Gasteiger partial charge in [-0.25, -0.2) is 0 Å². The highest BCUT2D eigenvalue weighted by molar-refractivity contribution is 9.09. The van der Waals surface area contributed by atoms with Gasteiger partial charge < -0.3 is 4.74 Å². The van der Waals surface area contributed by atoms with Crippen molar-refractivity contribution >= 4 is 38.9 Å². The van der Waals surface area contributed by atoms with Gasteiger partial charge in [0.05, 0.1) is 7.11 Å². The van der Waals surface area contributed by atoms with Crippen LogP contribution >= 0.6 is 38.9 Å². The summed E-state index contributed by atoms with van der Waals surface area (Å²) in [6, 6.07) is 9.95. The molecule has 0 saturated heterocycles. The van der Waals surface area contributed by atoms with Crippen molar-refractivity contribution in [3.63, 3.8) is 0 Å². The molecule has 0 fully saturated rings. The highest BCUT2D eigenvalue weighted by atomic mass is 79.9. The molecule has 1 unspecified atom stereocenters. The van der Waals surface area contributed by atoms with Crippen molar-refractivity contribution < 1.29 is 4.74 Å². The van der Waals surface area contributed by atoms with Crippen LogP contribution < -0.4 is 4.74 Å². The fourth-order valence-electron chi connectivity index (χ4n) is 1.66. The summed E-state index contributed by atoms with van der Waals surface area (Å²) in [7, 11) is 1.67. The summed E-state index contributed by atoms with van der Waals surface area (Å²) >= 11 is 11.4. The van der Waals surface area contributed by atoms with E-state index in [1.165, 1.54) is 4.88 Å². The molecule has 0 aliphatic heterocycles. The minimum absolute atomic E-state index is 0.244. The maximum Gasteiger partial charge on any atom is 0.124 e. The summed E-state index contributed by atoms with van der Waals surface area (Å²) < 4.78 is 5.36. The number of thiophene rings is 1. The summed E-state index contributed by atoms with van der Waals surface area (Å²) in [4.78, 5) is 1.59. The lowest BCUT2D eigenvalue weighted by molar-refractivity contribution is 0.409. The summed E-state index contributed by atoms with van der Waals surface area (Å²) in [5.74, 6) is 0.830. The maximum absolute atomic E-state index is 5.95. The number of hydrogen-bond donors (Lipinski definition) is 0. The summed E-state index contributed by atoms with van der Waals surface area (Å²) in [5.41, 5.74) is 1.13. The van der Waals surface area contributed by atoms with Crippen molar-refractivity contribution in [3.8, 4) is 5.75 Å². The Morgan fingerprint density at radius 3 is 2.88 bits per heavy atom. The van der Waals surface area contributed by atoms with Crippen LogP contribution in [0.15, 0.2) is 35.7 Å². The monoisotopic (exact) mass is 330 g/mol. The molecule has 90 valence electrons. The number of ether oxygens (including phenoxy) is 1. The number of rotatable bonds is 4. The van der Waals surface area contributed by atoms with E-state index in [0.29, 0.717) is 5.02 Å². The van der Waals surface area contributed by atoms with E-state index in [1.54, 1.807) is 18.4 Å². The Kier molecular flexibility index (Phi) is 4.48. The van der Waals surface area contributed by atoms with Gasteiger partial charge in [0.15, 0.2) is 0 Å². The normalized spacial score (nSPS) is 12.4. The van der Waals surface area contributed by atoms with Gasteiger partial charge in [-0.2, -0.15) is 0 Å². The number of methoxy groups -OCH3 is 1. The second-order valence-corrected chi connectivity index (χ2v) is 6.21. The highest BCUT2D eigenvalue weighted by Crippen LogP contribution is 2.36. The lowest BCUT2D eigenvalue weighted by atomic mass is 10.1. The SMILES string of the molecule is COc1cc(Cl)ccc1C(Br)Cc1cccs1. The van der Waals surface area contributed by atoms with Crippen LogP contribution in [0.5, 0.6) is 5.75 Å². The van der Waals surface area contributed by atoms with E-state index in [2.05, 4.69) is 33.4 Å². The van der Waals surface area contributed by atoms with Crippen LogP contribution in [0, 0.1) is 0 Å². The molecule has 17 heavy (non-hydrogen) atoms. The zero-order valence-electron chi connectivity index (χ0n) is 9.32. The van der Waals surface area contributed by atoms with Gasteiger partial charge >= 0.3 is 0 Å². The van der Waals surface area contributed by atoms with Gasteiger partial charge in [-0.15, -0.1) is 11.3 Å². The van der Waals surface area contributed by atoms with Crippen LogP contribution in [-0.4, -0.2) is 7.11 Å². The van der Waals surface area contributed by atoms with Gasteiger partial charge in [0.25, 0.3) is 0 Å². The van der Waals surface area contributed by atoms with Gasteiger partial charge in [-0.05, 0) is 30.0 Å². The first-order chi connectivity index (χ1) is 8.20.